The van der Waals surface area contributed by atoms with Gasteiger partial charge in [0.25, 0.3) is 0 Å². The summed E-state index contributed by atoms with van der Waals surface area (Å²) in [6, 6.07) is 1.95. The van der Waals surface area contributed by atoms with Gasteiger partial charge >= 0.3 is 6.03 Å². The van der Waals surface area contributed by atoms with Gasteiger partial charge in [-0.15, -0.1) is 0 Å². The molecule has 1 aliphatic rings. The third-order valence-corrected chi connectivity index (χ3v) is 4.50. The Morgan fingerprint density at radius 2 is 2.26 bits per heavy atom. The van der Waals surface area contributed by atoms with E-state index in [1.54, 1.807) is 12.4 Å². The summed E-state index contributed by atoms with van der Waals surface area (Å²) in [5.74, 6) is 1.29. The van der Waals surface area contributed by atoms with Crippen LogP contribution in [0.25, 0.3) is 0 Å². The zero-order valence-electron chi connectivity index (χ0n) is 13.7. The number of nitrogens with one attached hydrogen (secondary N) is 3. The second kappa shape index (κ2) is 6.85. The van der Waals surface area contributed by atoms with Gasteiger partial charge in [-0.3, -0.25) is 5.10 Å². The fourth-order valence-electron chi connectivity index (χ4n) is 3.10. The monoisotopic (exact) mass is 316 g/mol. The predicted molar refractivity (Wildman–Crippen MR) is 87.0 cm³/mol. The summed E-state index contributed by atoms with van der Waals surface area (Å²) >= 11 is 0. The van der Waals surface area contributed by atoms with Crippen LogP contribution in [-0.2, 0) is 0 Å². The molecule has 3 heterocycles. The molecule has 23 heavy (non-hydrogen) atoms. The minimum absolute atomic E-state index is 0.00559. The fourth-order valence-corrected chi connectivity index (χ4v) is 3.10. The molecular weight excluding hydrogens is 292 g/mol. The maximum atomic E-state index is 12.5. The molecule has 3 rings (SSSR count). The molecule has 7 heteroatoms. The Morgan fingerprint density at radius 1 is 1.48 bits per heavy atom. The maximum absolute atomic E-state index is 12.5. The average molecular weight is 316 g/mol. The SMILES string of the molecule is CCC(NC(=O)N1CCC(c2ccn[nH]2)CC1)c1ncc(C)[nH]1. The number of carbonyl (C=O) groups excluding carboxylic acids is 1. The van der Waals surface area contributed by atoms with E-state index < -0.39 is 0 Å². The molecular formula is C16H24N6O. The highest BCUT2D eigenvalue weighted by molar-refractivity contribution is 5.74. The van der Waals surface area contributed by atoms with Crippen molar-refractivity contribution in [2.45, 2.75) is 45.1 Å². The van der Waals surface area contributed by atoms with Gasteiger partial charge in [0.05, 0.1) is 6.04 Å². The van der Waals surface area contributed by atoms with Crippen molar-refractivity contribution in [3.63, 3.8) is 0 Å². The molecule has 0 aromatic carbocycles. The molecule has 124 valence electrons. The number of hydrogen-bond donors (Lipinski definition) is 3. The fraction of sp³-hybridized carbons (Fsp3) is 0.562. The van der Waals surface area contributed by atoms with E-state index >= 15 is 0 Å². The number of H-pyrrole nitrogens is 2. The minimum Gasteiger partial charge on any atom is -0.344 e. The number of piperidine rings is 1. The van der Waals surface area contributed by atoms with Crippen LogP contribution < -0.4 is 5.32 Å². The minimum atomic E-state index is -0.0680. The maximum Gasteiger partial charge on any atom is 0.317 e. The zero-order valence-corrected chi connectivity index (χ0v) is 13.7. The van der Waals surface area contributed by atoms with Crippen LogP contribution in [0.1, 0.15) is 55.4 Å². The molecule has 1 aliphatic heterocycles. The number of imidazole rings is 1. The van der Waals surface area contributed by atoms with Crippen molar-refractivity contribution in [1.82, 2.24) is 30.4 Å². The quantitative estimate of drug-likeness (QED) is 0.809. The van der Waals surface area contributed by atoms with E-state index in [9.17, 15) is 4.79 Å². The number of urea groups is 1. The van der Waals surface area contributed by atoms with Crippen molar-refractivity contribution in [3.05, 3.63) is 35.7 Å². The number of aryl methyl sites for hydroxylation is 1. The highest BCUT2D eigenvalue weighted by atomic mass is 16.2. The first-order valence-electron chi connectivity index (χ1n) is 8.23. The van der Waals surface area contributed by atoms with E-state index in [0.717, 1.165) is 43.9 Å². The topological polar surface area (TPSA) is 89.7 Å². The van der Waals surface area contributed by atoms with Gasteiger partial charge in [0, 0.05) is 42.8 Å². The van der Waals surface area contributed by atoms with Crippen LogP contribution in [0.5, 0.6) is 0 Å². The number of rotatable bonds is 4. The summed E-state index contributed by atoms with van der Waals surface area (Å²) in [7, 11) is 0. The lowest BCUT2D eigenvalue weighted by atomic mass is 9.94. The zero-order chi connectivity index (χ0) is 16.2. The number of nitrogens with zero attached hydrogens (tertiary/aromatic N) is 3. The molecule has 0 saturated carbocycles. The van der Waals surface area contributed by atoms with Crippen molar-refractivity contribution in [2.75, 3.05) is 13.1 Å². The molecule has 0 spiro atoms. The number of likely N-dealkylation sites (tertiary alicyclic amines) is 1. The van der Waals surface area contributed by atoms with E-state index in [1.807, 2.05) is 24.8 Å². The van der Waals surface area contributed by atoms with E-state index in [4.69, 9.17) is 0 Å². The number of carbonyl (C=O) groups is 1. The second-order valence-electron chi connectivity index (χ2n) is 6.14. The Labute approximate surface area is 135 Å². The first-order chi connectivity index (χ1) is 11.2. The summed E-state index contributed by atoms with van der Waals surface area (Å²) in [6.45, 7) is 5.55. The molecule has 7 nitrogen and oxygen atoms in total. The third-order valence-electron chi connectivity index (χ3n) is 4.50. The predicted octanol–water partition coefficient (Wildman–Crippen LogP) is 2.48. The van der Waals surface area contributed by atoms with Gasteiger partial charge in [0.15, 0.2) is 0 Å². The highest BCUT2D eigenvalue weighted by Gasteiger charge is 2.26. The molecule has 1 unspecified atom stereocenters. The van der Waals surface area contributed by atoms with Gasteiger partial charge in [-0.1, -0.05) is 6.92 Å². The Bertz CT molecular complexity index is 627. The molecule has 0 bridgehead atoms. The molecule has 3 N–H and O–H groups in total. The van der Waals surface area contributed by atoms with Crippen LogP contribution >= 0.6 is 0 Å². The van der Waals surface area contributed by atoms with Crippen molar-refractivity contribution < 1.29 is 4.79 Å². The van der Waals surface area contributed by atoms with Crippen LogP contribution in [-0.4, -0.2) is 44.2 Å². The Kier molecular flexibility index (Phi) is 4.64. The molecule has 2 aromatic heterocycles. The third kappa shape index (κ3) is 3.55. The molecule has 0 radical (unpaired) electrons. The Balaban J connectivity index is 1.54. The summed E-state index contributed by atoms with van der Waals surface area (Å²) in [5, 5.41) is 10.1. The molecule has 1 atom stereocenters. The summed E-state index contributed by atoms with van der Waals surface area (Å²) in [5.41, 5.74) is 2.18. The largest absolute Gasteiger partial charge is 0.344 e. The number of aromatic nitrogens is 4. The molecule has 0 aliphatic carbocycles. The van der Waals surface area contributed by atoms with Gasteiger partial charge in [-0.2, -0.15) is 5.10 Å². The highest BCUT2D eigenvalue weighted by Crippen LogP contribution is 2.26. The second-order valence-corrected chi connectivity index (χ2v) is 6.14. The van der Waals surface area contributed by atoms with Gasteiger partial charge in [0.2, 0.25) is 0 Å². The number of aromatic amines is 2. The van der Waals surface area contributed by atoms with Gasteiger partial charge in [0.1, 0.15) is 5.82 Å². The van der Waals surface area contributed by atoms with Crippen molar-refractivity contribution in [2.24, 2.45) is 0 Å². The molecule has 2 amide bonds. The molecule has 1 fully saturated rings. The normalized spacial score (nSPS) is 17.2. The average Bonchev–Trinajstić information content (AvgIpc) is 3.24. The Morgan fingerprint density at radius 3 is 2.83 bits per heavy atom. The summed E-state index contributed by atoms with van der Waals surface area (Å²) in [4.78, 5) is 21.9. The van der Waals surface area contributed by atoms with E-state index in [2.05, 4.69) is 25.5 Å². The van der Waals surface area contributed by atoms with Crippen molar-refractivity contribution >= 4 is 6.03 Å². The first kappa shape index (κ1) is 15.6. The van der Waals surface area contributed by atoms with Crippen LogP contribution in [0.3, 0.4) is 0 Å². The smallest absolute Gasteiger partial charge is 0.317 e. The molecule has 2 aromatic rings. The lowest BCUT2D eigenvalue weighted by Gasteiger charge is -2.32. The van der Waals surface area contributed by atoms with Gasteiger partial charge in [-0.25, -0.2) is 9.78 Å². The van der Waals surface area contributed by atoms with E-state index in [1.165, 1.54) is 5.69 Å². The standard InChI is InChI=1S/C16H24N6O/c1-3-13(15-17-10-11(2)19-15)20-16(23)22-8-5-12(6-9-22)14-4-7-18-21-14/h4,7,10,12-13H,3,5-6,8-9H2,1-2H3,(H,17,19)(H,18,21)(H,20,23). The molecule has 1 saturated heterocycles. The van der Waals surface area contributed by atoms with Crippen LogP contribution in [0, 0.1) is 6.92 Å². The first-order valence-corrected chi connectivity index (χ1v) is 8.23. The van der Waals surface area contributed by atoms with Crippen LogP contribution in [0.15, 0.2) is 18.5 Å². The van der Waals surface area contributed by atoms with E-state index in [-0.39, 0.29) is 12.1 Å². The Hall–Kier alpha value is -2.31. The van der Waals surface area contributed by atoms with Crippen molar-refractivity contribution in [3.8, 4) is 0 Å². The summed E-state index contributed by atoms with van der Waals surface area (Å²) in [6.07, 6.45) is 6.31. The lowest BCUT2D eigenvalue weighted by Crippen LogP contribution is -2.45. The van der Waals surface area contributed by atoms with Gasteiger partial charge in [-0.05, 0) is 32.3 Å². The summed E-state index contributed by atoms with van der Waals surface area (Å²) < 4.78 is 0. The van der Waals surface area contributed by atoms with Crippen LogP contribution in [0.4, 0.5) is 4.79 Å². The lowest BCUT2D eigenvalue weighted by molar-refractivity contribution is 0.176. The van der Waals surface area contributed by atoms with Gasteiger partial charge < -0.3 is 15.2 Å². The number of amides is 2. The number of hydrogen-bond acceptors (Lipinski definition) is 3. The van der Waals surface area contributed by atoms with Crippen LogP contribution in [0.2, 0.25) is 0 Å². The van der Waals surface area contributed by atoms with E-state index in [0.29, 0.717) is 5.92 Å². The van der Waals surface area contributed by atoms with Crippen molar-refractivity contribution in [1.29, 1.82) is 0 Å².